The molecule has 8 heteroatoms. The topological polar surface area (TPSA) is 93.2 Å². The van der Waals surface area contributed by atoms with E-state index in [9.17, 15) is 9.59 Å². The van der Waals surface area contributed by atoms with Crippen LogP contribution in [0.5, 0.6) is 0 Å². The van der Waals surface area contributed by atoms with Gasteiger partial charge in [0.1, 0.15) is 6.04 Å². The van der Waals surface area contributed by atoms with Gasteiger partial charge in [0.15, 0.2) is 0 Å². The van der Waals surface area contributed by atoms with E-state index in [-0.39, 0.29) is 23.9 Å². The number of fused-ring (bicyclic) bond motifs is 1. The second-order valence-electron chi connectivity index (χ2n) is 9.95. The Morgan fingerprint density at radius 1 is 1.17 bits per heavy atom. The number of carbonyl (C=O) groups excluding carboxylic acids is 2. The first-order chi connectivity index (χ1) is 16.9. The third-order valence-electron chi connectivity index (χ3n) is 7.37. The largest absolute Gasteiger partial charge is 0.352 e. The summed E-state index contributed by atoms with van der Waals surface area (Å²) in [4.78, 5) is 34.0. The molecule has 184 valence electrons. The Kier molecular flexibility index (Phi) is 6.75. The van der Waals surface area contributed by atoms with Crippen molar-refractivity contribution in [2.45, 2.75) is 77.2 Å². The normalized spacial score (nSPS) is 22.0. The molecular weight excluding hydrogens is 458 g/mol. The van der Waals surface area contributed by atoms with E-state index >= 15 is 0 Å². The summed E-state index contributed by atoms with van der Waals surface area (Å²) < 4.78 is 2.13. The molecule has 1 aliphatic carbocycles. The highest BCUT2D eigenvalue weighted by atomic mass is 32.1. The lowest BCUT2D eigenvalue weighted by Crippen LogP contribution is -2.55. The third kappa shape index (κ3) is 5.04. The van der Waals surface area contributed by atoms with Crippen molar-refractivity contribution in [1.29, 1.82) is 0 Å². The van der Waals surface area contributed by atoms with Crippen LogP contribution in [0, 0.1) is 13.8 Å². The fourth-order valence-corrected chi connectivity index (χ4v) is 5.89. The molecule has 3 aromatic rings. The maximum absolute atomic E-state index is 13.5. The number of thiophene rings is 1. The molecule has 1 saturated carbocycles. The van der Waals surface area contributed by atoms with Gasteiger partial charge in [-0.15, -0.1) is 11.3 Å². The summed E-state index contributed by atoms with van der Waals surface area (Å²) in [7, 11) is 0. The minimum atomic E-state index is -0.572. The molecule has 35 heavy (non-hydrogen) atoms. The van der Waals surface area contributed by atoms with Crippen LogP contribution >= 0.6 is 11.3 Å². The Morgan fingerprint density at radius 2 is 1.97 bits per heavy atom. The van der Waals surface area contributed by atoms with Gasteiger partial charge in [-0.2, -0.15) is 0 Å². The van der Waals surface area contributed by atoms with E-state index in [1.54, 1.807) is 4.90 Å². The quantitative estimate of drug-likeness (QED) is 0.571. The fourth-order valence-electron chi connectivity index (χ4n) is 5.21. The van der Waals surface area contributed by atoms with Crippen molar-refractivity contribution in [3.05, 3.63) is 75.0 Å². The number of benzene rings is 1. The number of aromatic nitrogens is 2. The van der Waals surface area contributed by atoms with Crippen LogP contribution in [-0.4, -0.2) is 44.4 Å². The van der Waals surface area contributed by atoms with Crippen molar-refractivity contribution >= 4 is 23.2 Å². The van der Waals surface area contributed by atoms with Gasteiger partial charge in [0.2, 0.25) is 5.91 Å². The number of imidazole rings is 1. The molecule has 0 spiro atoms. The highest BCUT2D eigenvalue weighted by molar-refractivity contribution is 7.12. The van der Waals surface area contributed by atoms with Crippen molar-refractivity contribution in [1.82, 2.24) is 19.8 Å². The van der Waals surface area contributed by atoms with Gasteiger partial charge in [-0.05, 0) is 62.1 Å². The van der Waals surface area contributed by atoms with E-state index in [2.05, 4.69) is 46.9 Å². The Balaban J connectivity index is 1.41. The zero-order valence-electron chi connectivity index (χ0n) is 20.4. The van der Waals surface area contributed by atoms with Crippen LogP contribution in [0.15, 0.2) is 42.0 Å². The molecule has 5 rings (SSSR count). The number of hydrogen-bond acceptors (Lipinski definition) is 5. The molecule has 1 aromatic carbocycles. The fraction of sp³-hybridized carbons (Fsp3) is 0.444. The molecule has 3 N–H and O–H groups in total. The molecule has 0 saturated heterocycles. The molecule has 0 radical (unpaired) electrons. The van der Waals surface area contributed by atoms with Crippen LogP contribution < -0.4 is 11.1 Å². The minimum absolute atomic E-state index is 0.0925. The molecule has 2 amide bonds. The molecular formula is C27H33N5O2S. The highest BCUT2D eigenvalue weighted by Gasteiger charge is 2.38. The first kappa shape index (κ1) is 23.8. The van der Waals surface area contributed by atoms with Crippen molar-refractivity contribution in [3.8, 4) is 0 Å². The molecule has 1 aliphatic heterocycles. The monoisotopic (exact) mass is 491 g/mol. The van der Waals surface area contributed by atoms with E-state index in [4.69, 9.17) is 5.73 Å². The van der Waals surface area contributed by atoms with Gasteiger partial charge in [0.25, 0.3) is 5.91 Å². The van der Waals surface area contributed by atoms with Crippen LogP contribution in [0.1, 0.15) is 63.4 Å². The Labute approximate surface area is 210 Å². The summed E-state index contributed by atoms with van der Waals surface area (Å²) >= 11 is 1.41. The Bertz CT molecular complexity index is 1210. The molecule has 0 bridgehead atoms. The SMILES string of the molecule is Cc1ccc(C)c(Cn2cnc3c2CN(C(=O)c2cccs2)C(C(=O)NC2CCC(N)CC2)C3)c1. The summed E-state index contributed by atoms with van der Waals surface area (Å²) in [6.45, 7) is 5.26. The molecule has 1 unspecified atom stereocenters. The van der Waals surface area contributed by atoms with E-state index in [1.165, 1.54) is 28.0 Å². The van der Waals surface area contributed by atoms with Crippen LogP contribution in [0.4, 0.5) is 0 Å². The van der Waals surface area contributed by atoms with E-state index in [1.807, 2.05) is 23.8 Å². The number of nitrogens with one attached hydrogen (secondary N) is 1. The number of rotatable bonds is 5. The maximum Gasteiger partial charge on any atom is 0.264 e. The number of nitrogens with zero attached hydrogens (tertiary/aromatic N) is 3. The van der Waals surface area contributed by atoms with Crippen molar-refractivity contribution in [3.63, 3.8) is 0 Å². The standard InChI is InChI=1S/C27H33N5O2S/c1-17-5-6-18(2)19(12-17)14-31-16-29-22-13-23(26(33)30-21-9-7-20(28)8-10-21)32(15-24(22)31)27(34)25-4-3-11-35-25/h3-6,11-12,16,20-21,23H,7-10,13-15,28H2,1-2H3,(H,30,33). The van der Waals surface area contributed by atoms with Gasteiger partial charge in [0, 0.05) is 25.0 Å². The van der Waals surface area contributed by atoms with Crippen LogP contribution in [0.3, 0.4) is 0 Å². The first-order valence-corrected chi connectivity index (χ1v) is 13.3. The summed E-state index contributed by atoms with van der Waals surface area (Å²) in [5, 5.41) is 5.11. The Morgan fingerprint density at radius 3 is 2.71 bits per heavy atom. The smallest absolute Gasteiger partial charge is 0.264 e. The van der Waals surface area contributed by atoms with E-state index in [0.29, 0.717) is 24.4 Å². The van der Waals surface area contributed by atoms with Crippen molar-refractivity contribution < 1.29 is 9.59 Å². The molecule has 7 nitrogen and oxygen atoms in total. The predicted octanol–water partition coefficient (Wildman–Crippen LogP) is 3.56. The average Bonchev–Trinajstić information content (AvgIpc) is 3.52. The number of aryl methyl sites for hydroxylation is 2. The molecule has 1 fully saturated rings. The summed E-state index contributed by atoms with van der Waals surface area (Å²) in [5.41, 5.74) is 11.6. The van der Waals surface area contributed by atoms with Crippen LogP contribution in [-0.2, 0) is 24.3 Å². The summed E-state index contributed by atoms with van der Waals surface area (Å²) in [5.74, 6) is -0.193. The lowest BCUT2D eigenvalue weighted by Gasteiger charge is -2.36. The second-order valence-corrected chi connectivity index (χ2v) is 10.9. The third-order valence-corrected chi connectivity index (χ3v) is 8.23. The lowest BCUT2D eigenvalue weighted by molar-refractivity contribution is -0.127. The predicted molar refractivity (Wildman–Crippen MR) is 137 cm³/mol. The first-order valence-electron chi connectivity index (χ1n) is 12.4. The lowest BCUT2D eigenvalue weighted by atomic mass is 9.91. The Hall–Kier alpha value is -2.97. The summed E-state index contributed by atoms with van der Waals surface area (Å²) in [6.07, 6.45) is 5.87. The van der Waals surface area contributed by atoms with Crippen LogP contribution in [0.25, 0.3) is 0 Å². The maximum atomic E-state index is 13.5. The highest BCUT2D eigenvalue weighted by Crippen LogP contribution is 2.28. The van der Waals surface area contributed by atoms with Gasteiger partial charge < -0.3 is 20.5 Å². The van der Waals surface area contributed by atoms with E-state index in [0.717, 1.165) is 37.1 Å². The molecule has 1 atom stereocenters. The van der Waals surface area contributed by atoms with Crippen molar-refractivity contribution in [2.75, 3.05) is 0 Å². The van der Waals surface area contributed by atoms with Gasteiger partial charge in [-0.25, -0.2) is 4.98 Å². The van der Waals surface area contributed by atoms with Gasteiger partial charge in [-0.3, -0.25) is 9.59 Å². The second kappa shape index (κ2) is 9.95. The van der Waals surface area contributed by atoms with Gasteiger partial charge >= 0.3 is 0 Å². The molecule has 2 aliphatic rings. The minimum Gasteiger partial charge on any atom is -0.352 e. The summed E-state index contributed by atoms with van der Waals surface area (Å²) in [6, 6.07) is 9.92. The molecule has 2 aromatic heterocycles. The van der Waals surface area contributed by atoms with Crippen LogP contribution in [0.2, 0.25) is 0 Å². The zero-order valence-corrected chi connectivity index (χ0v) is 21.2. The number of carbonyl (C=O) groups is 2. The zero-order chi connectivity index (χ0) is 24.5. The number of amides is 2. The van der Waals surface area contributed by atoms with Gasteiger partial charge in [-0.1, -0.05) is 29.8 Å². The number of nitrogens with two attached hydrogens (primary N) is 1. The molecule has 3 heterocycles. The van der Waals surface area contributed by atoms with E-state index < -0.39 is 6.04 Å². The average molecular weight is 492 g/mol. The van der Waals surface area contributed by atoms with Crippen molar-refractivity contribution in [2.24, 2.45) is 5.73 Å². The van der Waals surface area contributed by atoms with Gasteiger partial charge in [0.05, 0.1) is 29.1 Å². The number of hydrogen-bond donors (Lipinski definition) is 2.